The van der Waals surface area contributed by atoms with Gasteiger partial charge in [-0.2, -0.15) is 0 Å². The number of fused-ring (bicyclic) bond motifs is 1. The molecule has 3 aromatic rings. The Balaban J connectivity index is 1.43. The second-order valence-corrected chi connectivity index (χ2v) is 8.44. The lowest BCUT2D eigenvalue weighted by Gasteiger charge is -2.09. The largest absolute Gasteiger partial charge is 0.494 e. The van der Waals surface area contributed by atoms with Gasteiger partial charge in [0.25, 0.3) is 0 Å². The first-order chi connectivity index (χ1) is 17.5. The molecule has 0 spiro atoms. The first-order valence-corrected chi connectivity index (χ1v) is 12.2. The zero-order valence-corrected chi connectivity index (χ0v) is 20.8. The molecule has 36 heavy (non-hydrogen) atoms. The van der Waals surface area contributed by atoms with Crippen LogP contribution in [0.1, 0.15) is 66.2 Å². The number of esters is 3. The van der Waals surface area contributed by atoms with E-state index in [4.69, 9.17) is 14.2 Å². The van der Waals surface area contributed by atoms with Gasteiger partial charge in [-0.1, -0.05) is 37.8 Å². The fraction of sp³-hybridized carbons (Fsp3) is 0.345. The minimum absolute atomic E-state index is 0.218. The van der Waals surface area contributed by atoms with Crippen LogP contribution in [-0.4, -0.2) is 38.2 Å². The molecular formula is C29H32O7. The number of carbonyl (C=O) groups excluding carboxylic acids is 3. The lowest BCUT2D eigenvalue weighted by atomic mass is 10.1. The van der Waals surface area contributed by atoms with E-state index in [1.54, 1.807) is 36.4 Å². The third-order valence-corrected chi connectivity index (χ3v) is 5.65. The van der Waals surface area contributed by atoms with E-state index in [-0.39, 0.29) is 5.97 Å². The molecule has 3 aromatic carbocycles. The Morgan fingerprint density at radius 3 is 1.92 bits per heavy atom. The minimum Gasteiger partial charge on any atom is -0.494 e. The molecule has 0 aliphatic rings. The zero-order valence-electron chi connectivity index (χ0n) is 20.8. The predicted octanol–water partition coefficient (Wildman–Crippen LogP) is 6.13. The summed E-state index contributed by atoms with van der Waals surface area (Å²) in [5.74, 6) is -0.00209. The van der Waals surface area contributed by atoms with Gasteiger partial charge >= 0.3 is 17.9 Å². The summed E-state index contributed by atoms with van der Waals surface area (Å²) in [4.78, 5) is 34.8. The summed E-state index contributed by atoms with van der Waals surface area (Å²) < 4.78 is 20.9. The number of benzene rings is 3. The van der Waals surface area contributed by atoms with Crippen LogP contribution in [0.15, 0.2) is 60.7 Å². The van der Waals surface area contributed by atoms with E-state index in [9.17, 15) is 14.4 Å². The zero-order chi connectivity index (χ0) is 25.8. The Hall–Kier alpha value is -3.87. The van der Waals surface area contributed by atoms with Crippen LogP contribution < -0.4 is 9.47 Å². The Labute approximate surface area is 211 Å². The highest BCUT2D eigenvalue weighted by molar-refractivity contribution is 5.97. The quantitative estimate of drug-likeness (QED) is 0.161. The number of hydrogen-bond acceptors (Lipinski definition) is 7. The number of unbranched alkanes of at least 4 members (excludes halogenated alkanes) is 5. The monoisotopic (exact) mass is 492 g/mol. The second kappa shape index (κ2) is 13.9. The number of rotatable bonds is 13. The van der Waals surface area contributed by atoms with E-state index in [2.05, 4.69) is 4.74 Å². The molecule has 7 heteroatoms. The SMILES string of the molecule is COC(=O)c1ccc(OC(=O)c2ccc3cc(OCCCCCCCCOC(C)=O)ccc3c2)cc1. The summed E-state index contributed by atoms with van der Waals surface area (Å²) in [5.41, 5.74) is 0.815. The maximum absolute atomic E-state index is 12.6. The van der Waals surface area contributed by atoms with Crippen molar-refractivity contribution in [2.24, 2.45) is 0 Å². The van der Waals surface area contributed by atoms with Crippen LogP contribution in [0.3, 0.4) is 0 Å². The maximum atomic E-state index is 12.6. The number of carbonyl (C=O) groups is 3. The standard InChI is InChI=1S/C29H32O7/c1-21(30)34-17-7-5-3-4-6-8-18-35-27-16-13-23-19-25(10-9-24(23)20-27)29(32)36-26-14-11-22(12-15-26)28(31)33-2/h9-16,19-20H,3-8,17-18H2,1-2H3. The Morgan fingerprint density at radius 1 is 0.639 bits per heavy atom. The third-order valence-electron chi connectivity index (χ3n) is 5.65. The highest BCUT2D eigenvalue weighted by atomic mass is 16.5. The smallest absolute Gasteiger partial charge is 0.343 e. The number of ether oxygens (including phenoxy) is 4. The molecule has 0 aliphatic heterocycles. The van der Waals surface area contributed by atoms with E-state index < -0.39 is 11.9 Å². The first kappa shape index (κ1) is 26.7. The fourth-order valence-corrected chi connectivity index (χ4v) is 3.70. The van der Waals surface area contributed by atoms with E-state index in [0.717, 1.165) is 55.0 Å². The summed E-state index contributed by atoms with van der Waals surface area (Å²) in [6.45, 7) is 2.59. The van der Waals surface area contributed by atoms with E-state index in [1.807, 2.05) is 24.3 Å². The molecule has 0 radical (unpaired) electrons. The van der Waals surface area contributed by atoms with Crippen molar-refractivity contribution in [3.05, 3.63) is 71.8 Å². The Bertz CT molecular complexity index is 1170. The van der Waals surface area contributed by atoms with Gasteiger partial charge in [-0.05, 0) is 72.1 Å². The lowest BCUT2D eigenvalue weighted by molar-refractivity contribution is -0.141. The van der Waals surface area contributed by atoms with Crippen molar-refractivity contribution in [3.8, 4) is 11.5 Å². The summed E-state index contributed by atoms with van der Waals surface area (Å²) in [6.07, 6.45) is 6.31. The fourth-order valence-electron chi connectivity index (χ4n) is 3.70. The van der Waals surface area contributed by atoms with Gasteiger partial charge in [0.05, 0.1) is 31.5 Å². The van der Waals surface area contributed by atoms with Crippen LogP contribution in [0.25, 0.3) is 10.8 Å². The highest BCUT2D eigenvalue weighted by Crippen LogP contribution is 2.23. The number of hydrogen-bond donors (Lipinski definition) is 0. The van der Waals surface area contributed by atoms with Crippen LogP contribution in [0.2, 0.25) is 0 Å². The van der Waals surface area contributed by atoms with Crippen molar-refractivity contribution in [1.29, 1.82) is 0 Å². The van der Waals surface area contributed by atoms with Gasteiger partial charge in [0.1, 0.15) is 11.5 Å². The molecule has 0 unspecified atom stereocenters. The second-order valence-electron chi connectivity index (χ2n) is 8.44. The van der Waals surface area contributed by atoms with Crippen LogP contribution in [0.5, 0.6) is 11.5 Å². The van der Waals surface area contributed by atoms with Crippen LogP contribution >= 0.6 is 0 Å². The van der Waals surface area contributed by atoms with Gasteiger partial charge in [0.2, 0.25) is 0 Å². The number of methoxy groups -OCH3 is 1. The van der Waals surface area contributed by atoms with Gasteiger partial charge in [-0.25, -0.2) is 9.59 Å². The lowest BCUT2D eigenvalue weighted by Crippen LogP contribution is -2.08. The van der Waals surface area contributed by atoms with Crippen molar-refractivity contribution in [3.63, 3.8) is 0 Å². The molecule has 0 aromatic heterocycles. The Kier molecular flexibility index (Phi) is 10.3. The average molecular weight is 493 g/mol. The maximum Gasteiger partial charge on any atom is 0.343 e. The van der Waals surface area contributed by atoms with E-state index in [1.165, 1.54) is 14.0 Å². The van der Waals surface area contributed by atoms with Crippen molar-refractivity contribution in [2.75, 3.05) is 20.3 Å². The molecule has 0 heterocycles. The van der Waals surface area contributed by atoms with Crippen LogP contribution in [0, 0.1) is 0 Å². The molecule has 190 valence electrons. The molecule has 0 amide bonds. The molecule has 0 saturated carbocycles. The van der Waals surface area contributed by atoms with Crippen LogP contribution in [0.4, 0.5) is 0 Å². The molecule has 0 bridgehead atoms. The topological polar surface area (TPSA) is 88.1 Å². The normalized spacial score (nSPS) is 10.6. The van der Waals surface area contributed by atoms with Crippen molar-refractivity contribution < 1.29 is 33.3 Å². The van der Waals surface area contributed by atoms with Crippen LogP contribution in [-0.2, 0) is 14.3 Å². The van der Waals surface area contributed by atoms with Gasteiger partial charge in [0, 0.05) is 6.92 Å². The molecule has 0 fully saturated rings. The summed E-state index contributed by atoms with van der Waals surface area (Å²) in [7, 11) is 1.31. The van der Waals surface area contributed by atoms with Gasteiger partial charge in [0.15, 0.2) is 0 Å². The molecule has 0 aliphatic carbocycles. The summed E-state index contributed by atoms with van der Waals surface area (Å²) >= 11 is 0. The minimum atomic E-state index is -0.477. The predicted molar refractivity (Wildman–Crippen MR) is 137 cm³/mol. The van der Waals surface area contributed by atoms with Crippen molar-refractivity contribution >= 4 is 28.7 Å². The van der Waals surface area contributed by atoms with Gasteiger partial charge < -0.3 is 18.9 Å². The van der Waals surface area contributed by atoms with Crippen molar-refractivity contribution in [2.45, 2.75) is 45.4 Å². The summed E-state index contributed by atoms with van der Waals surface area (Å²) in [5, 5.41) is 1.88. The highest BCUT2D eigenvalue weighted by Gasteiger charge is 2.11. The van der Waals surface area contributed by atoms with Gasteiger partial charge in [-0.3, -0.25) is 4.79 Å². The third kappa shape index (κ3) is 8.41. The molecule has 7 nitrogen and oxygen atoms in total. The average Bonchev–Trinajstić information content (AvgIpc) is 2.89. The molecule has 0 atom stereocenters. The molecule has 0 N–H and O–H groups in total. The Morgan fingerprint density at radius 2 is 1.22 bits per heavy atom. The van der Waals surface area contributed by atoms with E-state index in [0.29, 0.717) is 30.1 Å². The summed E-state index contributed by atoms with van der Waals surface area (Å²) in [6, 6.07) is 17.4. The first-order valence-electron chi connectivity index (χ1n) is 12.2. The van der Waals surface area contributed by atoms with E-state index >= 15 is 0 Å². The molecule has 3 rings (SSSR count). The van der Waals surface area contributed by atoms with Crippen molar-refractivity contribution in [1.82, 2.24) is 0 Å². The molecule has 0 saturated heterocycles. The van der Waals surface area contributed by atoms with Gasteiger partial charge in [-0.15, -0.1) is 0 Å². The molecular weight excluding hydrogens is 460 g/mol.